The molecule has 2 aliphatic rings. The van der Waals surface area contributed by atoms with Crippen molar-refractivity contribution in [2.75, 3.05) is 53.7 Å². The van der Waals surface area contributed by atoms with Gasteiger partial charge in [0.1, 0.15) is 16.5 Å². The third kappa shape index (κ3) is 4.27. The Morgan fingerprint density at radius 3 is 2.60 bits per heavy atom. The number of nitrogens with zero attached hydrogens (tertiary/aromatic N) is 4. The zero-order valence-corrected chi connectivity index (χ0v) is 18.2. The molecular weight excluding hydrogens is 405 g/mol. The van der Waals surface area contributed by atoms with Crippen molar-refractivity contribution >= 4 is 28.3 Å². The molecule has 0 bridgehead atoms. The molecule has 2 aliphatic heterocycles. The maximum atomic E-state index is 13.6. The molecule has 0 spiro atoms. The molecule has 2 atom stereocenters. The van der Waals surface area contributed by atoms with Crippen molar-refractivity contribution in [2.45, 2.75) is 31.2 Å². The summed E-state index contributed by atoms with van der Waals surface area (Å²) in [5, 5.41) is 13.0. The number of anilines is 3. The standard InChI is InChI=1S/C21H28FN5O2S/c1-14(2)18(13-28)23-20-19-17(6-11-30(19)29)24-21(25-20)27-9-7-26(8-10-27)16-5-3-4-15(22)12-16/h3-5,12,14,18,28H,6-11,13H2,1-2H3,(H,23,24,25)/t18?,30-/m1/s1. The lowest BCUT2D eigenvalue weighted by atomic mass is 10.1. The summed E-state index contributed by atoms with van der Waals surface area (Å²) in [7, 11) is -1.12. The van der Waals surface area contributed by atoms with Gasteiger partial charge in [0, 0.05) is 44.0 Å². The third-order valence-corrected chi connectivity index (χ3v) is 7.19. The first-order valence-corrected chi connectivity index (χ1v) is 11.7. The number of aliphatic hydroxyl groups excluding tert-OH is 1. The largest absolute Gasteiger partial charge is 0.394 e. The van der Waals surface area contributed by atoms with Crippen LogP contribution < -0.4 is 15.1 Å². The van der Waals surface area contributed by atoms with Crippen molar-refractivity contribution in [2.24, 2.45) is 5.92 Å². The van der Waals surface area contributed by atoms with Gasteiger partial charge in [-0.25, -0.2) is 9.37 Å². The predicted molar refractivity (Wildman–Crippen MR) is 117 cm³/mol. The van der Waals surface area contributed by atoms with Gasteiger partial charge < -0.3 is 20.2 Å². The first kappa shape index (κ1) is 21.0. The fraction of sp³-hybridized carbons (Fsp3) is 0.524. The van der Waals surface area contributed by atoms with Crippen LogP contribution in [0.25, 0.3) is 0 Å². The number of benzene rings is 1. The Bertz CT molecular complexity index is 934. The predicted octanol–water partition coefficient (Wildman–Crippen LogP) is 2.03. The summed E-state index contributed by atoms with van der Waals surface area (Å²) in [6, 6.07) is 6.49. The number of aliphatic hydroxyl groups is 1. The third-order valence-electron chi connectivity index (χ3n) is 5.74. The zero-order chi connectivity index (χ0) is 21.3. The van der Waals surface area contributed by atoms with Crippen LogP contribution in [0.5, 0.6) is 0 Å². The minimum absolute atomic E-state index is 0.0231. The quantitative estimate of drug-likeness (QED) is 0.721. The van der Waals surface area contributed by atoms with Crippen LogP contribution in [0.4, 0.5) is 21.8 Å². The average Bonchev–Trinajstić information content (AvgIpc) is 3.12. The van der Waals surface area contributed by atoms with Crippen molar-refractivity contribution in [3.05, 3.63) is 35.8 Å². The highest BCUT2D eigenvalue weighted by molar-refractivity contribution is 7.85. The van der Waals surface area contributed by atoms with Gasteiger partial charge in [0.25, 0.3) is 0 Å². The lowest BCUT2D eigenvalue weighted by Gasteiger charge is -2.36. The summed E-state index contributed by atoms with van der Waals surface area (Å²) in [6.07, 6.45) is 0.668. The number of nitrogens with one attached hydrogen (secondary N) is 1. The van der Waals surface area contributed by atoms with Crippen molar-refractivity contribution in [3.63, 3.8) is 0 Å². The average molecular weight is 434 g/mol. The second-order valence-corrected chi connectivity index (χ2v) is 9.59. The van der Waals surface area contributed by atoms with Crippen LogP contribution in [0, 0.1) is 11.7 Å². The van der Waals surface area contributed by atoms with Crippen molar-refractivity contribution in [3.8, 4) is 0 Å². The summed E-state index contributed by atoms with van der Waals surface area (Å²) >= 11 is 0. The normalized spacial score (nSPS) is 19.8. The molecule has 1 saturated heterocycles. The SMILES string of the molecule is CC(C)C(CO)Nc1nc(N2CCN(c3cccc(F)c3)CC2)nc2c1[S@](=O)CC2. The van der Waals surface area contributed by atoms with Gasteiger partial charge in [-0.1, -0.05) is 19.9 Å². The maximum absolute atomic E-state index is 13.6. The van der Waals surface area contributed by atoms with E-state index in [1.54, 1.807) is 12.1 Å². The molecule has 2 aromatic rings. The van der Waals surface area contributed by atoms with Gasteiger partial charge in [0.2, 0.25) is 5.95 Å². The van der Waals surface area contributed by atoms with E-state index in [1.807, 2.05) is 19.9 Å². The minimum atomic E-state index is -1.12. The van der Waals surface area contributed by atoms with Crippen LogP contribution >= 0.6 is 0 Å². The molecule has 0 aliphatic carbocycles. The van der Waals surface area contributed by atoms with Crippen molar-refractivity contribution < 1.29 is 13.7 Å². The Morgan fingerprint density at radius 2 is 1.93 bits per heavy atom. The monoisotopic (exact) mass is 433 g/mol. The summed E-state index contributed by atoms with van der Waals surface area (Å²) < 4.78 is 26.1. The molecule has 0 saturated carbocycles. The lowest BCUT2D eigenvalue weighted by Crippen LogP contribution is -2.47. The van der Waals surface area contributed by atoms with Crippen LogP contribution in [-0.4, -0.2) is 63.9 Å². The molecule has 1 fully saturated rings. The molecule has 3 heterocycles. The van der Waals surface area contributed by atoms with Gasteiger partial charge in [-0.2, -0.15) is 4.98 Å². The van der Waals surface area contributed by atoms with Crippen LogP contribution in [0.3, 0.4) is 0 Å². The Balaban J connectivity index is 1.55. The zero-order valence-electron chi connectivity index (χ0n) is 17.3. The number of hydrogen-bond donors (Lipinski definition) is 2. The van der Waals surface area contributed by atoms with Gasteiger partial charge in [0.05, 0.1) is 29.1 Å². The molecule has 0 amide bonds. The number of aromatic nitrogens is 2. The summed E-state index contributed by atoms with van der Waals surface area (Å²) in [6.45, 7) is 6.94. The molecule has 1 aromatic heterocycles. The molecule has 7 nitrogen and oxygen atoms in total. The fourth-order valence-electron chi connectivity index (χ4n) is 3.86. The number of aryl methyl sites for hydroxylation is 1. The van der Waals surface area contributed by atoms with Crippen LogP contribution in [-0.2, 0) is 17.2 Å². The Labute approximate surface area is 178 Å². The minimum Gasteiger partial charge on any atom is -0.394 e. The second-order valence-electron chi connectivity index (χ2n) is 8.08. The van der Waals surface area contributed by atoms with E-state index in [2.05, 4.69) is 15.1 Å². The maximum Gasteiger partial charge on any atom is 0.227 e. The Hall–Kier alpha value is -2.26. The van der Waals surface area contributed by atoms with Crippen LogP contribution in [0.15, 0.2) is 29.2 Å². The van der Waals surface area contributed by atoms with Gasteiger partial charge in [-0.05, 0) is 24.1 Å². The fourth-order valence-corrected chi connectivity index (χ4v) is 5.17. The van der Waals surface area contributed by atoms with E-state index in [0.717, 1.165) is 24.5 Å². The summed E-state index contributed by atoms with van der Waals surface area (Å²) in [5.41, 5.74) is 1.71. The van der Waals surface area contributed by atoms with Gasteiger partial charge >= 0.3 is 0 Å². The molecule has 1 aromatic carbocycles. The molecule has 30 heavy (non-hydrogen) atoms. The van der Waals surface area contributed by atoms with Gasteiger partial charge in [-0.15, -0.1) is 0 Å². The van der Waals surface area contributed by atoms with E-state index in [-0.39, 0.29) is 24.4 Å². The van der Waals surface area contributed by atoms with Crippen LogP contribution in [0.2, 0.25) is 0 Å². The Morgan fingerprint density at radius 1 is 1.20 bits per heavy atom. The highest BCUT2D eigenvalue weighted by atomic mass is 32.2. The van der Waals surface area contributed by atoms with Crippen molar-refractivity contribution in [1.82, 2.24) is 9.97 Å². The van der Waals surface area contributed by atoms with Crippen molar-refractivity contribution in [1.29, 1.82) is 0 Å². The van der Waals surface area contributed by atoms with E-state index in [0.29, 0.717) is 41.9 Å². The summed E-state index contributed by atoms with van der Waals surface area (Å²) in [4.78, 5) is 14.4. The van der Waals surface area contributed by atoms with E-state index in [1.165, 1.54) is 6.07 Å². The van der Waals surface area contributed by atoms with Gasteiger partial charge in [0.15, 0.2) is 0 Å². The van der Waals surface area contributed by atoms with E-state index >= 15 is 0 Å². The van der Waals surface area contributed by atoms with Crippen LogP contribution in [0.1, 0.15) is 19.5 Å². The van der Waals surface area contributed by atoms with E-state index < -0.39 is 10.8 Å². The first-order valence-electron chi connectivity index (χ1n) is 10.4. The topological polar surface area (TPSA) is 81.6 Å². The molecule has 2 N–H and O–H groups in total. The number of halogens is 1. The van der Waals surface area contributed by atoms with Gasteiger partial charge in [-0.3, -0.25) is 4.21 Å². The smallest absolute Gasteiger partial charge is 0.227 e. The highest BCUT2D eigenvalue weighted by Crippen LogP contribution is 2.31. The highest BCUT2D eigenvalue weighted by Gasteiger charge is 2.29. The van der Waals surface area contributed by atoms with E-state index in [4.69, 9.17) is 9.97 Å². The lowest BCUT2D eigenvalue weighted by molar-refractivity contribution is 0.249. The Kier molecular flexibility index (Phi) is 6.19. The molecule has 0 radical (unpaired) electrons. The second kappa shape index (κ2) is 8.85. The first-order chi connectivity index (χ1) is 14.5. The molecule has 162 valence electrons. The molecule has 1 unspecified atom stereocenters. The molecular formula is C21H28FN5O2S. The number of fused-ring (bicyclic) bond motifs is 1. The number of hydrogen-bond acceptors (Lipinski definition) is 7. The number of rotatable bonds is 6. The molecule has 9 heteroatoms. The summed E-state index contributed by atoms with van der Waals surface area (Å²) in [5.74, 6) is 1.72. The number of piperazine rings is 1. The van der Waals surface area contributed by atoms with E-state index in [9.17, 15) is 13.7 Å². The molecule has 4 rings (SSSR count).